The summed E-state index contributed by atoms with van der Waals surface area (Å²) >= 11 is 1.26. The van der Waals surface area contributed by atoms with Gasteiger partial charge in [-0.05, 0) is 24.0 Å². The van der Waals surface area contributed by atoms with Crippen LogP contribution in [0.25, 0.3) is 0 Å². The summed E-state index contributed by atoms with van der Waals surface area (Å²) in [5.74, 6) is 0.419. The van der Waals surface area contributed by atoms with Gasteiger partial charge in [0.15, 0.2) is 11.7 Å². The number of methoxy groups -OCH3 is 1. The zero-order valence-corrected chi connectivity index (χ0v) is 15.4. The number of nitrogens with one attached hydrogen (secondary N) is 1. The first-order chi connectivity index (χ1) is 12.0. The zero-order chi connectivity index (χ0) is 18.2. The van der Waals surface area contributed by atoms with Crippen LogP contribution in [0.15, 0.2) is 29.6 Å². The Morgan fingerprint density at radius 3 is 2.80 bits per heavy atom. The maximum absolute atomic E-state index is 12.1. The third-order valence-corrected chi connectivity index (χ3v) is 4.58. The molecular formula is C18H22N2O4S. The van der Waals surface area contributed by atoms with E-state index < -0.39 is 0 Å². The number of ether oxygens (including phenoxy) is 2. The van der Waals surface area contributed by atoms with Gasteiger partial charge in [-0.3, -0.25) is 14.9 Å². The lowest BCUT2D eigenvalue weighted by molar-refractivity contribution is -0.139. The van der Waals surface area contributed by atoms with E-state index in [9.17, 15) is 9.59 Å². The van der Waals surface area contributed by atoms with Gasteiger partial charge in [0.05, 0.1) is 19.2 Å². The monoisotopic (exact) mass is 362 g/mol. The molecule has 0 saturated carbocycles. The van der Waals surface area contributed by atoms with Crippen LogP contribution in [-0.4, -0.2) is 30.6 Å². The van der Waals surface area contributed by atoms with Gasteiger partial charge >= 0.3 is 5.97 Å². The molecular weight excluding hydrogens is 340 g/mol. The van der Waals surface area contributed by atoms with Crippen LogP contribution in [0.5, 0.6) is 5.75 Å². The van der Waals surface area contributed by atoms with Crippen molar-refractivity contribution in [3.63, 3.8) is 0 Å². The van der Waals surface area contributed by atoms with Crippen molar-refractivity contribution in [2.75, 3.05) is 19.0 Å². The Labute approximate surface area is 151 Å². The summed E-state index contributed by atoms with van der Waals surface area (Å²) in [5.41, 5.74) is 1.66. The Morgan fingerprint density at radius 2 is 2.08 bits per heavy atom. The van der Waals surface area contributed by atoms with E-state index in [0.717, 1.165) is 17.7 Å². The van der Waals surface area contributed by atoms with Crippen LogP contribution in [0.1, 0.15) is 37.4 Å². The highest BCUT2D eigenvalue weighted by molar-refractivity contribution is 7.13. The summed E-state index contributed by atoms with van der Waals surface area (Å²) < 4.78 is 10.3. The molecule has 0 spiro atoms. The Hall–Kier alpha value is -2.41. The fraction of sp³-hybridized carbons (Fsp3) is 0.389. The van der Waals surface area contributed by atoms with Gasteiger partial charge in [0.25, 0.3) is 5.91 Å². The number of anilines is 1. The standard InChI is InChI=1S/C18H22N2O4S/c1-4-12(2)14-7-5-6-8-15(14)24-10-16(21)20-18-19-13(11-25-18)9-17(22)23-3/h5-8,11-12H,4,9-10H2,1-3H3,(H,19,20,21). The molecule has 1 unspecified atom stereocenters. The minimum atomic E-state index is -0.367. The van der Waals surface area contributed by atoms with Crippen molar-refractivity contribution in [3.8, 4) is 5.75 Å². The van der Waals surface area contributed by atoms with E-state index in [1.54, 1.807) is 5.38 Å². The minimum absolute atomic E-state index is 0.0850. The Bertz CT molecular complexity index is 729. The molecule has 1 heterocycles. The van der Waals surface area contributed by atoms with Gasteiger partial charge in [-0.15, -0.1) is 11.3 Å². The molecule has 1 N–H and O–H groups in total. The summed E-state index contributed by atoms with van der Waals surface area (Å²) in [4.78, 5) is 27.5. The van der Waals surface area contributed by atoms with E-state index in [1.165, 1.54) is 18.4 Å². The predicted molar refractivity (Wildman–Crippen MR) is 97.1 cm³/mol. The van der Waals surface area contributed by atoms with Crippen molar-refractivity contribution in [3.05, 3.63) is 40.9 Å². The third kappa shape index (κ3) is 5.56. The largest absolute Gasteiger partial charge is 0.483 e. The van der Waals surface area contributed by atoms with Crippen molar-refractivity contribution in [1.82, 2.24) is 4.98 Å². The van der Waals surface area contributed by atoms with Crippen molar-refractivity contribution in [1.29, 1.82) is 0 Å². The van der Waals surface area contributed by atoms with Crippen LogP contribution in [0, 0.1) is 0 Å². The molecule has 0 aliphatic rings. The summed E-state index contributed by atoms with van der Waals surface area (Å²) in [5, 5.41) is 4.82. The molecule has 0 saturated heterocycles. The van der Waals surface area contributed by atoms with Gasteiger partial charge in [0.2, 0.25) is 0 Å². The normalized spacial score (nSPS) is 11.6. The fourth-order valence-electron chi connectivity index (χ4n) is 2.20. The molecule has 134 valence electrons. The summed E-state index contributed by atoms with van der Waals surface area (Å²) in [6, 6.07) is 7.74. The number of thiazole rings is 1. The molecule has 0 bridgehead atoms. The number of esters is 1. The number of carbonyl (C=O) groups excluding carboxylic acids is 2. The fourth-order valence-corrected chi connectivity index (χ4v) is 2.93. The Kier molecular flexibility index (Phi) is 6.94. The number of hydrogen-bond donors (Lipinski definition) is 1. The van der Waals surface area contributed by atoms with Crippen molar-refractivity contribution < 1.29 is 19.1 Å². The molecule has 1 atom stereocenters. The zero-order valence-electron chi connectivity index (χ0n) is 14.6. The SMILES string of the molecule is CCC(C)c1ccccc1OCC(=O)Nc1nc(CC(=O)OC)cs1. The smallest absolute Gasteiger partial charge is 0.311 e. The van der Waals surface area contributed by atoms with Crippen LogP contribution in [0.2, 0.25) is 0 Å². The lowest BCUT2D eigenvalue weighted by Crippen LogP contribution is -2.20. The molecule has 0 aliphatic heterocycles. The first-order valence-electron chi connectivity index (χ1n) is 8.06. The van der Waals surface area contributed by atoms with Crippen LogP contribution in [0.3, 0.4) is 0 Å². The van der Waals surface area contributed by atoms with Gasteiger partial charge in [-0.25, -0.2) is 4.98 Å². The lowest BCUT2D eigenvalue weighted by atomic mass is 9.98. The van der Waals surface area contributed by atoms with Gasteiger partial charge in [-0.2, -0.15) is 0 Å². The number of aromatic nitrogens is 1. The van der Waals surface area contributed by atoms with Crippen molar-refractivity contribution >= 4 is 28.3 Å². The average Bonchev–Trinajstić information content (AvgIpc) is 3.06. The highest BCUT2D eigenvalue weighted by Crippen LogP contribution is 2.28. The van der Waals surface area contributed by atoms with E-state index in [1.807, 2.05) is 24.3 Å². The Morgan fingerprint density at radius 1 is 1.32 bits per heavy atom. The Balaban J connectivity index is 1.90. The van der Waals surface area contributed by atoms with Crippen LogP contribution in [0.4, 0.5) is 5.13 Å². The highest BCUT2D eigenvalue weighted by Gasteiger charge is 2.13. The lowest BCUT2D eigenvalue weighted by Gasteiger charge is -2.15. The number of hydrogen-bond acceptors (Lipinski definition) is 6. The van der Waals surface area contributed by atoms with Gasteiger partial charge in [0.1, 0.15) is 5.75 Å². The highest BCUT2D eigenvalue weighted by atomic mass is 32.1. The van der Waals surface area contributed by atoms with E-state index in [4.69, 9.17) is 4.74 Å². The molecule has 2 aromatic rings. The van der Waals surface area contributed by atoms with Crippen LogP contribution in [-0.2, 0) is 20.7 Å². The molecule has 2 rings (SSSR count). The third-order valence-electron chi connectivity index (χ3n) is 3.77. The van der Waals surface area contributed by atoms with E-state index >= 15 is 0 Å². The number of amides is 1. The molecule has 0 aliphatic carbocycles. The molecule has 1 amide bonds. The quantitative estimate of drug-likeness (QED) is 0.728. The average molecular weight is 362 g/mol. The summed E-state index contributed by atoms with van der Waals surface area (Å²) in [6.45, 7) is 4.14. The van der Waals surface area contributed by atoms with Gasteiger partial charge < -0.3 is 9.47 Å². The van der Waals surface area contributed by atoms with E-state index in [2.05, 4.69) is 28.9 Å². The van der Waals surface area contributed by atoms with Gasteiger partial charge in [0, 0.05) is 5.38 Å². The number of benzene rings is 1. The molecule has 1 aromatic carbocycles. The van der Waals surface area contributed by atoms with Crippen molar-refractivity contribution in [2.45, 2.75) is 32.6 Å². The van der Waals surface area contributed by atoms with Gasteiger partial charge in [-0.1, -0.05) is 32.0 Å². The maximum Gasteiger partial charge on any atom is 0.311 e. The second-order valence-electron chi connectivity index (χ2n) is 5.58. The maximum atomic E-state index is 12.1. The van der Waals surface area contributed by atoms with Crippen LogP contribution < -0.4 is 10.1 Å². The molecule has 1 aromatic heterocycles. The summed E-state index contributed by atoms with van der Waals surface area (Å²) in [7, 11) is 1.33. The first kappa shape index (κ1) is 18.9. The molecule has 25 heavy (non-hydrogen) atoms. The number of nitrogens with zero attached hydrogens (tertiary/aromatic N) is 1. The van der Waals surface area contributed by atoms with E-state index in [-0.39, 0.29) is 24.9 Å². The van der Waals surface area contributed by atoms with Crippen molar-refractivity contribution in [2.24, 2.45) is 0 Å². The van der Waals surface area contributed by atoms with E-state index in [0.29, 0.717) is 16.7 Å². The topological polar surface area (TPSA) is 77.5 Å². The second-order valence-corrected chi connectivity index (χ2v) is 6.44. The molecule has 0 radical (unpaired) electrons. The summed E-state index contributed by atoms with van der Waals surface area (Å²) in [6.07, 6.45) is 1.08. The predicted octanol–water partition coefficient (Wildman–Crippen LogP) is 3.39. The second kappa shape index (κ2) is 9.17. The number of para-hydroxylation sites is 1. The molecule has 6 nitrogen and oxygen atoms in total. The number of rotatable bonds is 8. The number of carbonyl (C=O) groups is 2. The van der Waals surface area contributed by atoms with Crippen LogP contribution >= 0.6 is 11.3 Å². The minimum Gasteiger partial charge on any atom is -0.483 e. The molecule has 0 fully saturated rings. The first-order valence-corrected chi connectivity index (χ1v) is 8.94. The molecule has 7 heteroatoms.